The number of hydrogen-bond donors (Lipinski definition) is 0. The van der Waals surface area contributed by atoms with Crippen molar-refractivity contribution in [3.8, 4) is 0 Å². The Bertz CT molecular complexity index is 140. The molecule has 0 aromatic rings. The maximum absolute atomic E-state index is 7.50. The van der Waals surface area contributed by atoms with Crippen LogP contribution in [0.15, 0.2) is 0 Å². The fourth-order valence-corrected chi connectivity index (χ4v) is 0. The summed E-state index contributed by atoms with van der Waals surface area (Å²) >= 11 is 0. The molecule has 8 heteroatoms. The van der Waals surface area contributed by atoms with E-state index in [1.54, 1.807) is 0 Å². The molecule has 0 heterocycles. The van der Waals surface area contributed by atoms with Crippen molar-refractivity contribution in [1.29, 1.82) is 0 Å². The number of hydrogen-bond acceptors (Lipinski definition) is 0. The van der Waals surface area contributed by atoms with Crippen LogP contribution in [0.4, 0.5) is 0 Å². The van der Waals surface area contributed by atoms with Crippen LogP contribution >= 0.6 is 0 Å². The minimum Gasteiger partial charge on any atom is 0 e. The fraction of sp³-hybridized carbons (Fsp3) is 0.444. The van der Waals surface area contributed by atoms with E-state index in [1.807, 2.05) is 0 Å². The molecule has 96 valence electrons. The van der Waals surface area contributed by atoms with E-state index in [0.29, 0.717) is 0 Å². The first-order chi connectivity index (χ1) is 7.00. The summed E-state index contributed by atoms with van der Waals surface area (Å²) in [5, 5.41) is 0. The summed E-state index contributed by atoms with van der Waals surface area (Å²) in [7, 11) is 8.50. The predicted molar refractivity (Wildman–Crippen MR) is 43.6 cm³/mol. The first-order valence-electron chi connectivity index (χ1n) is 2.81. The zero-order chi connectivity index (χ0) is 14.5. The molecular weight excluding hydrogens is 378 g/mol. The zero-order valence-corrected chi connectivity index (χ0v) is 13.4. The largest absolute Gasteiger partial charge is 0 e. The Labute approximate surface area is 127 Å². The number of rotatable bonds is 0. The van der Waals surface area contributed by atoms with Crippen LogP contribution in [0.25, 0.3) is 0 Å². The minimum atomic E-state index is 0. The summed E-state index contributed by atoms with van der Waals surface area (Å²) in [6, 6.07) is 0. The van der Waals surface area contributed by atoms with Gasteiger partial charge in [-0.2, -0.15) is 0 Å². The minimum absolute atomic E-state index is 0. The molecule has 0 saturated heterocycles. The molecule has 0 aliphatic heterocycles. The van der Waals surface area contributed by atoms with Crippen molar-refractivity contribution < 1.29 is 65.8 Å². The van der Waals surface area contributed by atoms with Gasteiger partial charge in [0.05, 0.1) is 28.2 Å². The molecule has 0 N–H and O–H groups in total. The first-order valence-corrected chi connectivity index (χ1v) is 2.81. The van der Waals surface area contributed by atoms with Crippen molar-refractivity contribution in [2.75, 3.05) is 28.2 Å². The molecule has 0 spiro atoms. The van der Waals surface area contributed by atoms with Gasteiger partial charge in [0.15, 0.2) is 0 Å². The SMILES string of the molecule is C[N+](C)(C)C.[Br-].[C-]#[O+].[C-]#[O+].[C-]#[O+].[C-]#[O+].[C-]#[O+].[Mo]. The molecule has 0 rings (SSSR count). The van der Waals surface area contributed by atoms with Crippen LogP contribution in [0.1, 0.15) is 0 Å². The van der Waals surface area contributed by atoms with Crippen molar-refractivity contribution in [2.24, 2.45) is 0 Å². The second kappa shape index (κ2) is 102. The van der Waals surface area contributed by atoms with Crippen molar-refractivity contribution in [3.63, 3.8) is 0 Å². The van der Waals surface area contributed by atoms with Gasteiger partial charge in [-0.3, -0.25) is 0 Å². The summed E-state index contributed by atoms with van der Waals surface area (Å²) in [6.45, 7) is 22.5. The molecule has 6 nitrogen and oxygen atoms in total. The van der Waals surface area contributed by atoms with Crippen LogP contribution in [0, 0.1) is 33.3 Å². The van der Waals surface area contributed by atoms with E-state index in [0.717, 1.165) is 4.48 Å². The number of nitrogens with zero attached hydrogens (tertiary/aromatic N) is 1. The average Bonchev–Trinajstić information content (AvgIpc) is 2.29. The molecule has 17 heavy (non-hydrogen) atoms. The smallest absolute Gasteiger partial charge is 0 e. The first kappa shape index (κ1) is 54.1. The van der Waals surface area contributed by atoms with Gasteiger partial charge in [0.2, 0.25) is 0 Å². The second-order valence-corrected chi connectivity index (χ2v) is 2.68. The van der Waals surface area contributed by atoms with Crippen LogP contribution in [-0.4, -0.2) is 32.7 Å². The van der Waals surface area contributed by atoms with E-state index < -0.39 is 0 Å². The molecule has 0 aliphatic carbocycles. The zero-order valence-electron chi connectivity index (χ0n) is 9.77. The molecule has 0 fully saturated rings. The molecule has 0 radical (unpaired) electrons. The molecular formula is C9H12BrMoNO5. The molecule has 0 aliphatic rings. The summed E-state index contributed by atoms with van der Waals surface area (Å²) in [5.74, 6) is 0. The predicted octanol–water partition coefficient (Wildman–Crippen LogP) is -2.86. The molecule has 0 bridgehead atoms. The van der Waals surface area contributed by atoms with E-state index in [9.17, 15) is 0 Å². The molecule has 0 aromatic heterocycles. The Morgan fingerprint density at radius 3 is 0.529 bits per heavy atom. The normalized spacial score (nSPS) is 4.12. The van der Waals surface area contributed by atoms with Crippen molar-refractivity contribution in [1.82, 2.24) is 0 Å². The number of quaternary nitrogens is 1. The third-order valence-corrected chi connectivity index (χ3v) is 0. The van der Waals surface area contributed by atoms with Gasteiger partial charge in [-0.05, 0) is 0 Å². The second-order valence-electron chi connectivity index (χ2n) is 2.68. The van der Waals surface area contributed by atoms with E-state index in [2.05, 4.69) is 61.4 Å². The third kappa shape index (κ3) is 103000. The molecule has 0 saturated carbocycles. The third-order valence-electron chi connectivity index (χ3n) is 0. The van der Waals surface area contributed by atoms with Gasteiger partial charge in [0.25, 0.3) is 0 Å². The van der Waals surface area contributed by atoms with E-state index >= 15 is 0 Å². The quantitative estimate of drug-likeness (QED) is 0.184. The number of halogens is 1. The standard InChI is InChI=1S/C4H12N.5CO.BrH.Mo/c1-5(2,3)4;5*1-2;;/h1-4H3;;;;;;1H;/q+1;;;;;;;/p-1. The van der Waals surface area contributed by atoms with Gasteiger partial charge in [-0.25, -0.2) is 0 Å². The Kier molecular flexibility index (Phi) is 326. The van der Waals surface area contributed by atoms with Gasteiger partial charge in [-0.1, -0.05) is 0 Å². The fourth-order valence-electron chi connectivity index (χ4n) is 0. The Hall–Kier alpha value is -0.172. The van der Waals surface area contributed by atoms with Crippen LogP contribution in [0.5, 0.6) is 0 Å². The van der Waals surface area contributed by atoms with Crippen LogP contribution in [-0.2, 0) is 44.3 Å². The van der Waals surface area contributed by atoms with Gasteiger partial charge >= 0.3 is 56.5 Å². The summed E-state index contributed by atoms with van der Waals surface area (Å²) in [6.07, 6.45) is 0. The van der Waals surface area contributed by atoms with Gasteiger partial charge in [-0.15, -0.1) is 0 Å². The Morgan fingerprint density at radius 1 is 0.529 bits per heavy atom. The molecule has 0 aromatic carbocycles. The topological polar surface area (TPSA) is 99.5 Å². The van der Waals surface area contributed by atoms with Crippen LogP contribution < -0.4 is 17.0 Å². The van der Waals surface area contributed by atoms with Gasteiger partial charge in [0.1, 0.15) is 0 Å². The molecule has 0 atom stereocenters. The maximum Gasteiger partial charge on any atom is 0 e. The monoisotopic (exact) mass is 391 g/mol. The molecule has 0 amide bonds. The van der Waals surface area contributed by atoms with Gasteiger partial charge in [0, 0.05) is 21.1 Å². The van der Waals surface area contributed by atoms with E-state index in [-0.39, 0.29) is 38.0 Å². The van der Waals surface area contributed by atoms with Crippen LogP contribution in [0.3, 0.4) is 0 Å². The van der Waals surface area contributed by atoms with E-state index in [4.69, 9.17) is 23.3 Å². The van der Waals surface area contributed by atoms with Gasteiger partial charge < -0.3 is 21.5 Å². The summed E-state index contributed by atoms with van der Waals surface area (Å²) < 4.78 is 38.5. The van der Waals surface area contributed by atoms with Crippen molar-refractivity contribution >= 4 is 0 Å². The average molecular weight is 390 g/mol. The summed E-state index contributed by atoms with van der Waals surface area (Å²) in [5.41, 5.74) is 0. The maximum atomic E-state index is 7.50. The Morgan fingerprint density at radius 2 is 0.529 bits per heavy atom. The van der Waals surface area contributed by atoms with Crippen molar-refractivity contribution in [3.05, 3.63) is 33.3 Å². The van der Waals surface area contributed by atoms with Crippen LogP contribution in [0.2, 0.25) is 0 Å². The van der Waals surface area contributed by atoms with Crippen molar-refractivity contribution in [2.45, 2.75) is 0 Å². The summed E-state index contributed by atoms with van der Waals surface area (Å²) in [4.78, 5) is 0. The molecule has 0 unspecified atom stereocenters. The Balaban J connectivity index is -0.00000001000. The van der Waals surface area contributed by atoms with E-state index in [1.165, 1.54) is 0 Å².